The zero-order valence-corrected chi connectivity index (χ0v) is 9.45. The quantitative estimate of drug-likeness (QED) is 0.743. The Morgan fingerprint density at radius 1 is 1.44 bits per heavy atom. The molecule has 0 saturated carbocycles. The number of nitrogens with one attached hydrogen (secondary N) is 1. The van der Waals surface area contributed by atoms with Crippen LogP contribution in [0.3, 0.4) is 0 Å². The first-order chi connectivity index (χ1) is 7.77. The Balaban J connectivity index is 2.40. The average Bonchev–Trinajstić information content (AvgIpc) is 2.31. The number of ether oxygens (including phenoxy) is 1. The van der Waals surface area contributed by atoms with Crippen LogP contribution >= 0.6 is 0 Å². The van der Waals surface area contributed by atoms with Crippen molar-refractivity contribution in [2.45, 2.75) is 19.4 Å². The number of hydrogen-bond donors (Lipinski definition) is 2. The van der Waals surface area contributed by atoms with Gasteiger partial charge in [0, 0.05) is 0 Å². The van der Waals surface area contributed by atoms with Gasteiger partial charge in [0.2, 0.25) is 0 Å². The fourth-order valence-electron chi connectivity index (χ4n) is 1.28. The number of rotatable bonds is 7. The highest BCUT2D eigenvalue weighted by Crippen LogP contribution is 2.15. The Hall–Kier alpha value is -1.13. The summed E-state index contributed by atoms with van der Waals surface area (Å²) in [6.07, 6.45) is 0.982. The Kier molecular flexibility index (Phi) is 5.82. The van der Waals surface area contributed by atoms with Crippen LogP contribution in [-0.2, 0) is 0 Å². The molecule has 0 radical (unpaired) electrons. The first-order valence-corrected chi connectivity index (χ1v) is 5.49. The van der Waals surface area contributed by atoms with Gasteiger partial charge >= 0.3 is 0 Å². The van der Waals surface area contributed by atoms with Crippen LogP contribution in [0.25, 0.3) is 0 Å². The highest BCUT2D eigenvalue weighted by Gasteiger charge is 2.08. The lowest BCUT2D eigenvalue weighted by molar-refractivity contribution is 0.180. The second-order valence-electron chi connectivity index (χ2n) is 3.58. The van der Waals surface area contributed by atoms with E-state index in [2.05, 4.69) is 5.32 Å². The van der Waals surface area contributed by atoms with Crippen molar-refractivity contribution in [1.82, 2.24) is 5.32 Å². The van der Waals surface area contributed by atoms with Gasteiger partial charge in [0.25, 0.3) is 0 Å². The van der Waals surface area contributed by atoms with Gasteiger partial charge in [0.1, 0.15) is 6.61 Å². The van der Waals surface area contributed by atoms with Crippen molar-refractivity contribution in [3.05, 3.63) is 30.1 Å². The van der Waals surface area contributed by atoms with Crippen LogP contribution in [0.15, 0.2) is 24.3 Å². The highest BCUT2D eigenvalue weighted by atomic mass is 19.1. The summed E-state index contributed by atoms with van der Waals surface area (Å²) in [5, 5.41) is 12.2. The number of aliphatic hydroxyl groups excluding tert-OH is 1. The topological polar surface area (TPSA) is 41.5 Å². The lowest BCUT2D eigenvalue weighted by Gasteiger charge is -2.16. The van der Waals surface area contributed by atoms with Crippen LogP contribution in [-0.4, -0.2) is 30.9 Å². The summed E-state index contributed by atoms with van der Waals surface area (Å²) in [4.78, 5) is 0. The number of hydrogen-bond acceptors (Lipinski definition) is 3. The van der Waals surface area contributed by atoms with E-state index in [0.29, 0.717) is 0 Å². The van der Waals surface area contributed by atoms with E-state index in [-0.39, 0.29) is 30.8 Å². The minimum atomic E-state index is -0.380. The molecule has 0 aliphatic rings. The Labute approximate surface area is 95.2 Å². The van der Waals surface area contributed by atoms with Gasteiger partial charge in [-0.25, -0.2) is 4.39 Å². The van der Waals surface area contributed by atoms with E-state index in [9.17, 15) is 4.39 Å². The lowest BCUT2D eigenvalue weighted by Crippen LogP contribution is -2.38. The van der Waals surface area contributed by atoms with Crippen LogP contribution in [0, 0.1) is 5.82 Å². The number of benzene rings is 1. The predicted molar refractivity (Wildman–Crippen MR) is 61.1 cm³/mol. The van der Waals surface area contributed by atoms with Gasteiger partial charge in [-0.2, -0.15) is 0 Å². The second-order valence-corrected chi connectivity index (χ2v) is 3.58. The van der Waals surface area contributed by atoms with Gasteiger partial charge in [0.15, 0.2) is 11.6 Å². The van der Waals surface area contributed by atoms with E-state index in [1.165, 1.54) is 6.07 Å². The SMILES string of the molecule is CCCNC(CO)COc1ccccc1F. The number of aliphatic hydroxyl groups is 1. The van der Waals surface area contributed by atoms with Gasteiger partial charge in [-0.1, -0.05) is 19.1 Å². The van der Waals surface area contributed by atoms with Crippen molar-refractivity contribution in [3.63, 3.8) is 0 Å². The van der Waals surface area contributed by atoms with Crippen molar-refractivity contribution in [2.75, 3.05) is 19.8 Å². The van der Waals surface area contributed by atoms with Crippen LogP contribution in [0.1, 0.15) is 13.3 Å². The zero-order valence-electron chi connectivity index (χ0n) is 9.45. The highest BCUT2D eigenvalue weighted by molar-refractivity contribution is 5.23. The molecule has 0 aromatic heterocycles. The van der Waals surface area contributed by atoms with E-state index in [0.717, 1.165) is 13.0 Å². The van der Waals surface area contributed by atoms with Crippen molar-refractivity contribution < 1.29 is 14.2 Å². The van der Waals surface area contributed by atoms with E-state index in [1.54, 1.807) is 18.2 Å². The molecule has 1 unspecified atom stereocenters. The van der Waals surface area contributed by atoms with Gasteiger partial charge in [-0.15, -0.1) is 0 Å². The molecular formula is C12H18FNO2. The van der Waals surface area contributed by atoms with Crippen molar-refractivity contribution in [3.8, 4) is 5.75 Å². The fraction of sp³-hybridized carbons (Fsp3) is 0.500. The van der Waals surface area contributed by atoms with Crippen molar-refractivity contribution in [1.29, 1.82) is 0 Å². The summed E-state index contributed by atoms with van der Waals surface area (Å²) in [5.74, 6) is -0.158. The first-order valence-electron chi connectivity index (χ1n) is 5.49. The summed E-state index contributed by atoms with van der Waals surface area (Å²) in [6.45, 7) is 3.09. The van der Waals surface area contributed by atoms with E-state index >= 15 is 0 Å². The molecule has 0 heterocycles. The molecule has 1 aromatic carbocycles. The largest absolute Gasteiger partial charge is 0.489 e. The minimum absolute atomic E-state index is 0.0194. The molecule has 1 rings (SSSR count). The van der Waals surface area contributed by atoms with Crippen LogP contribution in [0.5, 0.6) is 5.75 Å². The Morgan fingerprint density at radius 3 is 2.81 bits per heavy atom. The third kappa shape index (κ3) is 4.16. The molecule has 0 bridgehead atoms. The average molecular weight is 227 g/mol. The molecule has 0 amide bonds. The van der Waals surface area contributed by atoms with Crippen molar-refractivity contribution in [2.24, 2.45) is 0 Å². The molecule has 1 atom stereocenters. The normalized spacial score (nSPS) is 12.4. The third-order valence-corrected chi connectivity index (χ3v) is 2.18. The lowest BCUT2D eigenvalue weighted by atomic mass is 10.3. The van der Waals surface area contributed by atoms with E-state index < -0.39 is 0 Å². The summed E-state index contributed by atoms with van der Waals surface area (Å²) in [5.41, 5.74) is 0. The fourth-order valence-corrected chi connectivity index (χ4v) is 1.28. The molecule has 1 aromatic rings. The molecule has 0 saturated heterocycles. The molecule has 0 aliphatic carbocycles. The molecule has 0 spiro atoms. The predicted octanol–water partition coefficient (Wildman–Crippen LogP) is 1.56. The standard InChI is InChI=1S/C12H18FNO2/c1-2-7-14-10(8-15)9-16-12-6-4-3-5-11(12)13/h3-6,10,14-15H,2,7-9H2,1H3. The number of halogens is 1. The molecular weight excluding hydrogens is 209 g/mol. The maximum atomic E-state index is 13.2. The van der Waals surface area contributed by atoms with Crippen LogP contribution in [0.2, 0.25) is 0 Å². The minimum Gasteiger partial charge on any atom is -0.489 e. The maximum Gasteiger partial charge on any atom is 0.165 e. The molecule has 3 nitrogen and oxygen atoms in total. The molecule has 2 N–H and O–H groups in total. The van der Waals surface area contributed by atoms with Crippen LogP contribution < -0.4 is 10.1 Å². The van der Waals surface area contributed by atoms with Gasteiger partial charge < -0.3 is 15.2 Å². The molecule has 0 aliphatic heterocycles. The second kappa shape index (κ2) is 7.19. The number of para-hydroxylation sites is 1. The molecule has 4 heteroatoms. The van der Waals surface area contributed by atoms with Gasteiger partial charge in [-0.3, -0.25) is 0 Å². The smallest absolute Gasteiger partial charge is 0.165 e. The molecule has 0 fully saturated rings. The van der Waals surface area contributed by atoms with Gasteiger partial charge in [-0.05, 0) is 25.1 Å². The van der Waals surface area contributed by atoms with E-state index in [1.807, 2.05) is 6.92 Å². The maximum absolute atomic E-state index is 13.2. The summed E-state index contributed by atoms with van der Waals surface area (Å²) in [6, 6.07) is 6.10. The molecule has 90 valence electrons. The first kappa shape index (κ1) is 12.9. The van der Waals surface area contributed by atoms with Gasteiger partial charge in [0.05, 0.1) is 12.6 Å². The van der Waals surface area contributed by atoms with Crippen LogP contribution in [0.4, 0.5) is 4.39 Å². The van der Waals surface area contributed by atoms with Crippen molar-refractivity contribution >= 4 is 0 Å². The Morgan fingerprint density at radius 2 is 2.19 bits per heavy atom. The zero-order chi connectivity index (χ0) is 11.8. The summed E-state index contributed by atoms with van der Waals surface area (Å²) < 4.78 is 18.5. The monoisotopic (exact) mass is 227 g/mol. The molecule has 16 heavy (non-hydrogen) atoms. The summed E-state index contributed by atoms with van der Waals surface area (Å²) in [7, 11) is 0. The third-order valence-electron chi connectivity index (χ3n) is 2.18. The Bertz CT molecular complexity index is 307. The summed E-state index contributed by atoms with van der Waals surface area (Å²) >= 11 is 0. The van der Waals surface area contributed by atoms with E-state index in [4.69, 9.17) is 9.84 Å².